The third-order valence-electron chi connectivity index (χ3n) is 3.35. The van der Waals surface area contributed by atoms with E-state index in [-0.39, 0.29) is 11.7 Å². The zero-order valence-electron chi connectivity index (χ0n) is 13.0. The third kappa shape index (κ3) is 3.92. The number of hydrogen-bond acceptors (Lipinski definition) is 3. The number of ketones is 1. The molecule has 0 N–H and O–H groups in total. The van der Waals surface area contributed by atoms with Crippen LogP contribution in [0, 0.1) is 11.8 Å². The van der Waals surface area contributed by atoms with Gasteiger partial charge in [-0.05, 0) is 24.3 Å². The molecule has 0 amide bonds. The summed E-state index contributed by atoms with van der Waals surface area (Å²) in [4.78, 5) is 24.4. The monoisotopic (exact) mass is 276 g/mol. The summed E-state index contributed by atoms with van der Waals surface area (Å²) in [6.07, 6.45) is 0. The minimum Gasteiger partial charge on any atom is -0.465 e. The van der Waals surface area contributed by atoms with Crippen LogP contribution in [0.3, 0.4) is 0 Å². The summed E-state index contributed by atoms with van der Waals surface area (Å²) in [5.74, 6) is -0.967. The van der Waals surface area contributed by atoms with E-state index in [1.165, 1.54) is 5.56 Å². The molecule has 1 rings (SSSR count). The van der Waals surface area contributed by atoms with Gasteiger partial charge in [-0.3, -0.25) is 9.59 Å². The molecule has 1 atom stereocenters. The van der Waals surface area contributed by atoms with Gasteiger partial charge >= 0.3 is 5.97 Å². The molecular weight excluding hydrogens is 252 g/mol. The summed E-state index contributed by atoms with van der Waals surface area (Å²) < 4.78 is 5.01. The molecule has 3 heteroatoms. The number of esters is 1. The first kappa shape index (κ1) is 16.4. The van der Waals surface area contributed by atoms with Crippen LogP contribution in [0.2, 0.25) is 0 Å². The number of carbonyl (C=O) groups excluding carboxylic acids is 2. The second-order valence-corrected chi connectivity index (χ2v) is 5.61. The fourth-order valence-corrected chi connectivity index (χ4v) is 2.13. The highest BCUT2D eigenvalue weighted by Crippen LogP contribution is 2.21. The molecule has 1 aromatic carbocycles. The average Bonchev–Trinajstić information content (AvgIpc) is 2.38. The molecule has 0 fully saturated rings. The van der Waals surface area contributed by atoms with Gasteiger partial charge in [0.25, 0.3) is 0 Å². The second-order valence-electron chi connectivity index (χ2n) is 5.61. The van der Waals surface area contributed by atoms with Crippen molar-refractivity contribution in [2.24, 2.45) is 11.8 Å². The highest BCUT2D eigenvalue weighted by Gasteiger charge is 2.31. The number of Topliss-reactive ketones (excluding diaryl/α,β-unsaturated/α-hetero) is 1. The largest absolute Gasteiger partial charge is 0.465 e. The second kappa shape index (κ2) is 7.22. The minimum atomic E-state index is -0.722. The molecule has 1 aromatic rings. The Balaban J connectivity index is 2.97. The van der Waals surface area contributed by atoms with Gasteiger partial charge in [-0.15, -0.1) is 0 Å². The van der Waals surface area contributed by atoms with Gasteiger partial charge in [0, 0.05) is 5.56 Å². The van der Waals surface area contributed by atoms with Crippen LogP contribution < -0.4 is 0 Å². The third-order valence-corrected chi connectivity index (χ3v) is 3.35. The number of ether oxygens (including phenoxy) is 1. The number of carbonyl (C=O) groups is 2. The topological polar surface area (TPSA) is 43.4 Å². The quantitative estimate of drug-likeness (QED) is 0.450. The van der Waals surface area contributed by atoms with Crippen molar-refractivity contribution in [3.8, 4) is 0 Å². The molecule has 20 heavy (non-hydrogen) atoms. The predicted molar refractivity (Wildman–Crippen MR) is 79.8 cm³/mol. The van der Waals surface area contributed by atoms with Gasteiger partial charge in [-0.25, -0.2) is 0 Å². The van der Waals surface area contributed by atoms with Crippen molar-refractivity contribution < 1.29 is 14.3 Å². The van der Waals surface area contributed by atoms with Crippen LogP contribution in [0.25, 0.3) is 0 Å². The lowest BCUT2D eigenvalue weighted by molar-refractivity contribution is -0.147. The fraction of sp³-hybridized carbons (Fsp3) is 0.529. The molecule has 0 saturated heterocycles. The molecule has 0 aliphatic rings. The highest BCUT2D eigenvalue weighted by molar-refractivity contribution is 6.08. The molecule has 0 spiro atoms. The zero-order chi connectivity index (χ0) is 15.3. The van der Waals surface area contributed by atoms with E-state index in [9.17, 15) is 9.59 Å². The van der Waals surface area contributed by atoms with Crippen LogP contribution in [0.1, 0.15) is 56.5 Å². The molecular formula is C17H24O3. The Morgan fingerprint density at radius 1 is 1.05 bits per heavy atom. The summed E-state index contributed by atoms with van der Waals surface area (Å²) in [6.45, 7) is 9.97. The maximum absolute atomic E-state index is 12.5. The molecule has 0 heterocycles. The maximum atomic E-state index is 12.5. The molecule has 110 valence electrons. The Bertz CT molecular complexity index is 458. The summed E-state index contributed by atoms with van der Waals surface area (Å²) >= 11 is 0. The van der Waals surface area contributed by atoms with E-state index in [0.29, 0.717) is 18.1 Å². The Kier molecular flexibility index (Phi) is 5.93. The number of benzene rings is 1. The molecule has 0 aliphatic carbocycles. The lowest BCUT2D eigenvalue weighted by Crippen LogP contribution is -2.30. The number of rotatable bonds is 6. The van der Waals surface area contributed by atoms with E-state index in [2.05, 4.69) is 13.8 Å². The first-order chi connectivity index (χ1) is 9.38. The van der Waals surface area contributed by atoms with Crippen molar-refractivity contribution in [2.45, 2.75) is 40.5 Å². The van der Waals surface area contributed by atoms with Crippen molar-refractivity contribution in [3.63, 3.8) is 0 Å². The van der Waals surface area contributed by atoms with E-state index < -0.39 is 11.9 Å². The van der Waals surface area contributed by atoms with Crippen LogP contribution in [0.4, 0.5) is 0 Å². The lowest BCUT2D eigenvalue weighted by atomic mass is 9.87. The molecule has 0 bridgehead atoms. The molecule has 3 nitrogen and oxygen atoms in total. The Hall–Kier alpha value is -1.64. The lowest BCUT2D eigenvalue weighted by Gasteiger charge is -2.18. The smallest absolute Gasteiger partial charge is 0.317 e. The van der Waals surface area contributed by atoms with E-state index in [1.54, 1.807) is 19.1 Å². The summed E-state index contributed by atoms with van der Waals surface area (Å²) in [7, 11) is 0. The Labute approximate surface area is 121 Å². The summed E-state index contributed by atoms with van der Waals surface area (Å²) in [5, 5.41) is 0. The van der Waals surface area contributed by atoms with Gasteiger partial charge in [0.1, 0.15) is 5.92 Å². The van der Waals surface area contributed by atoms with E-state index in [0.717, 1.165) is 0 Å². The minimum absolute atomic E-state index is 0.0775. The van der Waals surface area contributed by atoms with Gasteiger partial charge in [-0.1, -0.05) is 52.0 Å². The normalized spacial score (nSPS) is 12.6. The standard InChI is InChI=1S/C17H24O3/c1-6-20-17(19)15(12(4)5)16(18)14-9-7-13(8-10-14)11(2)3/h7-12,15H,6H2,1-5H3. The zero-order valence-corrected chi connectivity index (χ0v) is 13.0. The van der Waals surface area contributed by atoms with E-state index in [4.69, 9.17) is 4.74 Å². The Morgan fingerprint density at radius 2 is 1.60 bits per heavy atom. The molecule has 0 radical (unpaired) electrons. The van der Waals surface area contributed by atoms with Crippen LogP contribution in [-0.4, -0.2) is 18.4 Å². The van der Waals surface area contributed by atoms with Gasteiger partial charge < -0.3 is 4.74 Å². The van der Waals surface area contributed by atoms with Crippen LogP contribution in [-0.2, 0) is 9.53 Å². The van der Waals surface area contributed by atoms with Crippen molar-refractivity contribution in [3.05, 3.63) is 35.4 Å². The number of hydrogen-bond donors (Lipinski definition) is 0. The molecule has 0 saturated carbocycles. The first-order valence-corrected chi connectivity index (χ1v) is 7.19. The summed E-state index contributed by atoms with van der Waals surface area (Å²) in [6, 6.07) is 7.49. The highest BCUT2D eigenvalue weighted by atomic mass is 16.5. The van der Waals surface area contributed by atoms with E-state index in [1.807, 2.05) is 26.0 Å². The van der Waals surface area contributed by atoms with Crippen molar-refractivity contribution >= 4 is 11.8 Å². The van der Waals surface area contributed by atoms with Crippen LogP contribution in [0.5, 0.6) is 0 Å². The maximum Gasteiger partial charge on any atom is 0.317 e. The van der Waals surface area contributed by atoms with Gasteiger partial charge in [0.05, 0.1) is 6.61 Å². The predicted octanol–water partition coefficient (Wildman–Crippen LogP) is 3.83. The van der Waals surface area contributed by atoms with Crippen LogP contribution in [0.15, 0.2) is 24.3 Å². The SMILES string of the molecule is CCOC(=O)C(C(=O)c1ccc(C(C)C)cc1)C(C)C. The van der Waals surface area contributed by atoms with Crippen molar-refractivity contribution in [1.82, 2.24) is 0 Å². The molecule has 0 aliphatic heterocycles. The van der Waals surface area contributed by atoms with Crippen molar-refractivity contribution in [1.29, 1.82) is 0 Å². The van der Waals surface area contributed by atoms with Crippen molar-refractivity contribution in [2.75, 3.05) is 6.61 Å². The van der Waals surface area contributed by atoms with Crippen LogP contribution >= 0.6 is 0 Å². The fourth-order valence-electron chi connectivity index (χ4n) is 2.13. The van der Waals surface area contributed by atoms with Gasteiger partial charge in [0.15, 0.2) is 5.78 Å². The summed E-state index contributed by atoms with van der Waals surface area (Å²) in [5.41, 5.74) is 1.75. The van der Waals surface area contributed by atoms with Gasteiger partial charge in [-0.2, -0.15) is 0 Å². The Morgan fingerprint density at radius 3 is 2.00 bits per heavy atom. The van der Waals surface area contributed by atoms with Gasteiger partial charge in [0.2, 0.25) is 0 Å². The first-order valence-electron chi connectivity index (χ1n) is 7.19. The van der Waals surface area contributed by atoms with E-state index >= 15 is 0 Å². The average molecular weight is 276 g/mol. The molecule has 0 aromatic heterocycles. The molecule has 1 unspecified atom stereocenters.